The van der Waals surface area contributed by atoms with Gasteiger partial charge >= 0.3 is 0 Å². The lowest BCUT2D eigenvalue weighted by Gasteiger charge is -2.10. The first-order valence-electron chi connectivity index (χ1n) is 5.11. The number of ether oxygens (including phenoxy) is 1. The zero-order valence-corrected chi connectivity index (χ0v) is 8.43. The maximum Gasteiger partial charge on any atom is 0.193 e. The van der Waals surface area contributed by atoms with Crippen LogP contribution >= 0.6 is 0 Å². The SMILES string of the molecule is NCC1CCC(C(=O)c2cccnc2)O1. The first-order chi connectivity index (χ1) is 7.31. The molecule has 0 amide bonds. The Morgan fingerprint density at radius 3 is 3.07 bits per heavy atom. The molecule has 0 saturated carbocycles. The number of carbonyl (C=O) groups is 1. The van der Waals surface area contributed by atoms with Crippen LogP contribution < -0.4 is 5.73 Å². The van der Waals surface area contributed by atoms with Crippen molar-refractivity contribution in [1.29, 1.82) is 0 Å². The van der Waals surface area contributed by atoms with Gasteiger partial charge in [0, 0.05) is 24.5 Å². The van der Waals surface area contributed by atoms with E-state index >= 15 is 0 Å². The topological polar surface area (TPSA) is 65.2 Å². The van der Waals surface area contributed by atoms with Crippen LogP contribution in [0.2, 0.25) is 0 Å². The molecule has 0 aliphatic carbocycles. The van der Waals surface area contributed by atoms with Crippen LogP contribution in [0, 0.1) is 0 Å². The number of nitrogens with two attached hydrogens (primary N) is 1. The maximum atomic E-state index is 11.9. The predicted octanol–water partition coefficient (Wildman–Crippen LogP) is 0.771. The molecule has 0 radical (unpaired) electrons. The lowest BCUT2D eigenvalue weighted by molar-refractivity contribution is 0.0404. The van der Waals surface area contributed by atoms with E-state index in [1.54, 1.807) is 24.5 Å². The highest BCUT2D eigenvalue weighted by Crippen LogP contribution is 2.21. The summed E-state index contributed by atoms with van der Waals surface area (Å²) < 4.78 is 5.52. The van der Waals surface area contributed by atoms with E-state index in [0.29, 0.717) is 12.1 Å². The molecule has 2 N–H and O–H groups in total. The molecular weight excluding hydrogens is 192 g/mol. The minimum Gasteiger partial charge on any atom is -0.366 e. The molecule has 2 heterocycles. The molecule has 1 saturated heterocycles. The number of Topliss-reactive ketones (excluding diaryl/α,β-unsaturated/α-hetero) is 1. The molecule has 1 fully saturated rings. The van der Waals surface area contributed by atoms with E-state index in [4.69, 9.17) is 10.5 Å². The molecule has 0 bridgehead atoms. The Bertz CT molecular complexity index is 340. The van der Waals surface area contributed by atoms with E-state index < -0.39 is 0 Å². The average molecular weight is 206 g/mol. The van der Waals surface area contributed by atoms with Gasteiger partial charge in [0.1, 0.15) is 6.10 Å². The Hall–Kier alpha value is -1.26. The minimum absolute atomic E-state index is 0.0130. The van der Waals surface area contributed by atoms with Crippen LogP contribution in [0.1, 0.15) is 23.2 Å². The van der Waals surface area contributed by atoms with Crippen molar-refractivity contribution < 1.29 is 9.53 Å². The Morgan fingerprint density at radius 1 is 1.60 bits per heavy atom. The van der Waals surface area contributed by atoms with Gasteiger partial charge in [0.05, 0.1) is 6.10 Å². The van der Waals surface area contributed by atoms with E-state index in [2.05, 4.69) is 4.98 Å². The first kappa shape index (κ1) is 10.3. The highest BCUT2D eigenvalue weighted by Gasteiger charge is 2.30. The molecule has 4 nitrogen and oxygen atoms in total. The van der Waals surface area contributed by atoms with Crippen molar-refractivity contribution in [2.24, 2.45) is 5.73 Å². The van der Waals surface area contributed by atoms with Crippen LogP contribution in [0.15, 0.2) is 24.5 Å². The van der Waals surface area contributed by atoms with E-state index in [-0.39, 0.29) is 18.0 Å². The summed E-state index contributed by atoms with van der Waals surface area (Å²) in [6, 6.07) is 3.51. The van der Waals surface area contributed by atoms with Crippen LogP contribution in [0.4, 0.5) is 0 Å². The van der Waals surface area contributed by atoms with Crippen molar-refractivity contribution in [3.63, 3.8) is 0 Å². The molecule has 1 aliphatic heterocycles. The Labute approximate surface area is 88.4 Å². The van der Waals surface area contributed by atoms with Crippen LogP contribution in [0.25, 0.3) is 0 Å². The zero-order valence-electron chi connectivity index (χ0n) is 8.43. The predicted molar refractivity (Wildman–Crippen MR) is 55.5 cm³/mol. The van der Waals surface area contributed by atoms with E-state index in [0.717, 1.165) is 12.8 Å². The van der Waals surface area contributed by atoms with Gasteiger partial charge in [-0.05, 0) is 25.0 Å². The molecule has 2 unspecified atom stereocenters. The molecule has 1 aromatic rings. The summed E-state index contributed by atoms with van der Waals surface area (Å²) in [4.78, 5) is 15.8. The molecule has 4 heteroatoms. The number of pyridine rings is 1. The van der Waals surface area contributed by atoms with Gasteiger partial charge in [0.2, 0.25) is 0 Å². The summed E-state index contributed by atoms with van der Waals surface area (Å²) in [6.07, 6.45) is 4.55. The third-order valence-electron chi connectivity index (χ3n) is 2.61. The average Bonchev–Trinajstić information content (AvgIpc) is 2.78. The fraction of sp³-hybridized carbons (Fsp3) is 0.455. The van der Waals surface area contributed by atoms with Gasteiger partial charge in [-0.15, -0.1) is 0 Å². The smallest absolute Gasteiger partial charge is 0.193 e. The van der Waals surface area contributed by atoms with Gasteiger partial charge in [-0.3, -0.25) is 9.78 Å². The molecule has 2 atom stereocenters. The quantitative estimate of drug-likeness (QED) is 0.742. The van der Waals surface area contributed by atoms with Gasteiger partial charge in [-0.2, -0.15) is 0 Å². The molecule has 0 spiro atoms. The van der Waals surface area contributed by atoms with Crippen LogP contribution in [0.3, 0.4) is 0 Å². The Morgan fingerprint density at radius 2 is 2.47 bits per heavy atom. The molecular formula is C11H14N2O2. The van der Waals surface area contributed by atoms with Crippen LogP contribution in [0.5, 0.6) is 0 Å². The largest absolute Gasteiger partial charge is 0.366 e. The summed E-state index contributed by atoms with van der Waals surface area (Å²) >= 11 is 0. The number of hydrogen-bond acceptors (Lipinski definition) is 4. The van der Waals surface area contributed by atoms with Crippen LogP contribution in [-0.2, 0) is 4.74 Å². The minimum atomic E-state index is -0.331. The number of nitrogens with zero attached hydrogens (tertiary/aromatic N) is 1. The third kappa shape index (κ3) is 2.22. The van der Waals surface area contributed by atoms with Crippen molar-refractivity contribution in [1.82, 2.24) is 4.98 Å². The first-order valence-corrected chi connectivity index (χ1v) is 5.11. The summed E-state index contributed by atoms with van der Waals surface area (Å²) in [5.41, 5.74) is 6.10. The van der Waals surface area contributed by atoms with Crippen molar-refractivity contribution in [3.05, 3.63) is 30.1 Å². The fourth-order valence-corrected chi connectivity index (χ4v) is 1.77. The summed E-state index contributed by atoms with van der Waals surface area (Å²) in [7, 11) is 0. The molecule has 1 aromatic heterocycles. The fourth-order valence-electron chi connectivity index (χ4n) is 1.77. The second-order valence-electron chi connectivity index (χ2n) is 3.67. The van der Waals surface area contributed by atoms with Gasteiger partial charge in [-0.1, -0.05) is 0 Å². The number of rotatable bonds is 3. The van der Waals surface area contributed by atoms with E-state index in [9.17, 15) is 4.79 Å². The van der Waals surface area contributed by atoms with E-state index in [1.165, 1.54) is 0 Å². The number of hydrogen-bond donors (Lipinski definition) is 1. The monoisotopic (exact) mass is 206 g/mol. The van der Waals surface area contributed by atoms with Gasteiger partial charge < -0.3 is 10.5 Å². The van der Waals surface area contributed by atoms with Crippen molar-refractivity contribution in [2.45, 2.75) is 25.0 Å². The lowest BCUT2D eigenvalue weighted by atomic mass is 10.1. The normalized spacial score (nSPS) is 25.4. The van der Waals surface area contributed by atoms with Crippen LogP contribution in [-0.4, -0.2) is 29.5 Å². The number of carbonyl (C=O) groups excluding carboxylic acids is 1. The molecule has 1 aliphatic rings. The maximum absolute atomic E-state index is 11.9. The van der Waals surface area contributed by atoms with Crippen molar-refractivity contribution >= 4 is 5.78 Å². The molecule has 15 heavy (non-hydrogen) atoms. The van der Waals surface area contributed by atoms with Gasteiger partial charge in [0.15, 0.2) is 5.78 Å². The number of ketones is 1. The Balaban J connectivity index is 2.04. The zero-order chi connectivity index (χ0) is 10.7. The molecule has 0 aromatic carbocycles. The second-order valence-corrected chi connectivity index (χ2v) is 3.67. The van der Waals surface area contributed by atoms with Gasteiger partial charge in [0.25, 0.3) is 0 Å². The lowest BCUT2D eigenvalue weighted by Crippen LogP contribution is -2.25. The Kier molecular flexibility index (Phi) is 3.08. The molecule has 80 valence electrons. The van der Waals surface area contributed by atoms with Crippen molar-refractivity contribution in [2.75, 3.05) is 6.54 Å². The summed E-state index contributed by atoms with van der Waals surface area (Å²) in [6.45, 7) is 0.483. The second kappa shape index (κ2) is 4.51. The summed E-state index contributed by atoms with van der Waals surface area (Å²) in [5, 5.41) is 0. The molecule has 2 rings (SSSR count). The number of aromatic nitrogens is 1. The van der Waals surface area contributed by atoms with Crippen molar-refractivity contribution in [3.8, 4) is 0 Å². The highest BCUT2D eigenvalue weighted by atomic mass is 16.5. The summed E-state index contributed by atoms with van der Waals surface area (Å²) in [5.74, 6) is 0.0130. The van der Waals surface area contributed by atoms with E-state index in [1.807, 2.05) is 0 Å². The highest BCUT2D eigenvalue weighted by molar-refractivity contribution is 5.99. The van der Waals surface area contributed by atoms with Gasteiger partial charge in [-0.25, -0.2) is 0 Å². The third-order valence-corrected chi connectivity index (χ3v) is 2.61. The standard InChI is InChI=1S/C11H14N2O2/c12-6-9-3-4-10(15-9)11(14)8-2-1-5-13-7-8/h1-2,5,7,9-10H,3-4,6,12H2.